The molecule has 5 atom stereocenters. The Labute approximate surface area is 186 Å². The summed E-state index contributed by atoms with van der Waals surface area (Å²) in [5.74, 6) is 2.85. The molecule has 3 fully saturated rings. The number of pyridine rings is 1. The third kappa shape index (κ3) is 4.81. The van der Waals surface area contributed by atoms with E-state index in [1.54, 1.807) is 7.11 Å². The second-order valence-electron chi connectivity index (χ2n) is 9.40. The van der Waals surface area contributed by atoms with Crippen LogP contribution in [-0.4, -0.2) is 73.4 Å². The van der Waals surface area contributed by atoms with Crippen LogP contribution in [-0.2, 0) is 0 Å². The summed E-state index contributed by atoms with van der Waals surface area (Å²) in [4.78, 5) is 9.36. The quantitative estimate of drug-likeness (QED) is 0.616. The third-order valence-corrected chi connectivity index (χ3v) is 7.17. The van der Waals surface area contributed by atoms with E-state index < -0.39 is 6.10 Å². The third-order valence-electron chi connectivity index (χ3n) is 7.17. The van der Waals surface area contributed by atoms with Gasteiger partial charge in [0.25, 0.3) is 0 Å². The average Bonchev–Trinajstić information content (AvgIpc) is 2.80. The number of hydrogen-bond acceptors (Lipinski definition) is 6. The second-order valence-corrected chi connectivity index (χ2v) is 9.40. The number of hydrogen-bond donors (Lipinski definition) is 1. The van der Waals surface area contributed by atoms with Gasteiger partial charge < -0.3 is 19.5 Å². The SMILES string of the molecule is CC[C@H]1CN2CC[C@H]1CC2[C@@H](O)c1cc(OCCCN(C)C)nc2ccc(OC)cc12. The van der Waals surface area contributed by atoms with Crippen LogP contribution in [0.1, 0.15) is 44.3 Å². The molecule has 31 heavy (non-hydrogen) atoms. The lowest BCUT2D eigenvalue weighted by Gasteiger charge is -2.51. The number of fused-ring (bicyclic) bond motifs is 4. The maximum atomic E-state index is 11.6. The van der Waals surface area contributed by atoms with E-state index in [9.17, 15) is 5.11 Å². The van der Waals surface area contributed by atoms with Crippen molar-refractivity contribution in [1.29, 1.82) is 0 Å². The molecule has 0 amide bonds. The van der Waals surface area contributed by atoms with Crippen LogP contribution in [0.5, 0.6) is 11.6 Å². The molecule has 3 aliphatic heterocycles. The number of nitrogens with zero attached hydrogens (tertiary/aromatic N) is 3. The van der Waals surface area contributed by atoms with Gasteiger partial charge in [-0.25, -0.2) is 4.98 Å². The summed E-state index contributed by atoms with van der Waals surface area (Å²) >= 11 is 0. The van der Waals surface area contributed by atoms with E-state index in [-0.39, 0.29) is 6.04 Å². The van der Waals surface area contributed by atoms with E-state index in [0.717, 1.165) is 66.5 Å². The number of aliphatic hydroxyl groups is 1. The molecule has 0 radical (unpaired) electrons. The monoisotopic (exact) mass is 427 g/mol. The minimum absolute atomic E-state index is 0.153. The maximum Gasteiger partial charge on any atom is 0.214 e. The van der Waals surface area contributed by atoms with Crippen molar-refractivity contribution < 1.29 is 14.6 Å². The summed E-state index contributed by atoms with van der Waals surface area (Å²) < 4.78 is 11.5. The average molecular weight is 428 g/mol. The van der Waals surface area contributed by atoms with Crippen molar-refractivity contribution in [1.82, 2.24) is 14.8 Å². The molecule has 2 bridgehead atoms. The van der Waals surface area contributed by atoms with Crippen LogP contribution in [0.4, 0.5) is 0 Å². The van der Waals surface area contributed by atoms with Crippen molar-refractivity contribution in [3.63, 3.8) is 0 Å². The van der Waals surface area contributed by atoms with E-state index in [4.69, 9.17) is 14.5 Å². The highest BCUT2D eigenvalue weighted by Crippen LogP contribution is 2.43. The highest BCUT2D eigenvalue weighted by atomic mass is 16.5. The summed E-state index contributed by atoms with van der Waals surface area (Å²) in [6.07, 6.45) is 3.91. The van der Waals surface area contributed by atoms with E-state index in [2.05, 4.69) is 30.8 Å². The molecular weight excluding hydrogens is 390 g/mol. The van der Waals surface area contributed by atoms with Gasteiger partial charge in [-0.1, -0.05) is 13.3 Å². The van der Waals surface area contributed by atoms with Crippen LogP contribution in [0.15, 0.2) is 24.3 Å². The van der Waals surface area contributed by atoms with E-state index in [1.807, 2.05) is 24.3 Å². The van der Waals surface area contributed by atoms with Gasteiger partial charge in [-0.3, -0.25) is 4.90 Å². The molecule has 2 aromatic rings. The zero-order valence-corrected chi connectivity index (χ0v) is 19.4. The number of benzene rings is 1. The summed E-state index contributed by atoms with van der Waals surface area (Å²) in [6, 6.07) is 7.96. The summed E-state index contributed by atoms with van der Waals surface area (Å²) in [5.41, 5.74) is 1.74. The molecule has 6 nitrogen and oxygen atoms in total. The van der Waals surface area contributed by atoms with Gasteiger partial charge >= 0.3 is 0 Å². The first-order chi connectivity index (χ1) is 15.0. The Hall–Kier alpha value is -1.89. The van der Waals surface area contributed by atoms with Crippen molar-refractivity contribution in [3.05, 3.63) is 29.8 Å². The van der Waals surface area contributed by atoms with Crippen LogP contribution >= 0.6 is 0 Å². The highest BCUT2D eigenvalue weighted by Gasteiger charge is 2.42. The minimum atomic E-state index is -0.567. The fourth-order valence-corrected chi connectivity index (χ4v) is 5.39. The first-order valence-corrected chi connectivity index (χ1v) is 11.7. The van der Waals surface area contributed by atoms with Crippen LogP contribution < -0.4 is 9.47 Å². The van der Waals surface area contributed by atoms with Gasteiger partial charge in [0.1, 0.15) is 5.75 Å². The molecule has 3 saturated heterocycles. The maximum absolute atomic E-state index is 11.6. The molecule has 3 aliphatic rings. The second kappa shape index (κ2) is 9.72. The van der Waals surface area contributed by atoms with E-state index in [0.29, 0.717) is 12.5 Å². The van der Waals surface area contributed by atoms with Crippen molar-refractivity contribution in [2.75, 3.05) is 47.4 Å². The Kier molecular flexibility index (Phi) is 6.99. The molecule has 1 N–H and O–H groups in total. The Bertz CT molecular complexity index is 888. The molecule has 0 saturated carbocycles. The molecule has 1 aromatic heterocycles. The molecular formula is C25H37N3O3. The van der Waals surface area contributed by atoms with Gasteiger partial charge in [-0.05, 0) is 75.5 Å². The first-order valence-electron chi connectivity index (χ1n) is 11.7. The standard InChI is InChI=1S/C25H37N3O3/c1-5-17-16-28-11-9-18(17)13-23(28)25(29)21-15-24(31-12-6-10-27(2)3)26-22-8-7-19(30-4)14-20(21)22/h7-8,14-15,17-18,23,25,29H,5-6,9-13,16H2,1-4H3/t17-,18-,23?,25-/m0/s1. The van der Waals surface area contributed by atoms with Crippen molar-refractivity contribution in [3.8, 4) is 11.6 Å². The van der Waals surface area contributed by atoms with E-state index in [1.165, 1.54) is 12.8 Å². The van der Waals surface area contributed by atoms with Crippen molar-refractivity contribution in [2.24, 2.45) is 11.8 Å². The van der Waals surface area contributed by atoms with Crippen molar-refractivity contribution in [2.45, 2.75) is 44.8 Å². The van der Waals surface area contributed by atoms with Gasteiger partial charge in [0, 0.05) is 30.6 Å². The molecule has 2 unspecified atom stereocenters. The Morgan fingerprint density at radius 2 is 2.13 bits per heavy atom. The molecule has 0 aliphatic carbocycles. The van der Waals surface area contributed by atoms with Gasteiger partial charge in [-0.2, -0.15) is 0 Å². The van der Waals surface area contributed by atoms with Crippen molar-refractivity contribution >= 4 is 10.9 Å². The van der Waals surface area contributed by atoms with E-state index >= 15 is 0 Å². The predicted molar refractivity (Wildman–Crippen MR) is 124 cm³/mol. The lowest BCUT2D eigenvalue weighted by atomic mass is 9.72. The largest absolute Gasteiger partial charge is 0.497 e. The minimum Gasteiger partial charge on any atom is -0.497 e. The van der Waals surface area contributed by atoms with Crippen LogP contribution in [0.3, 0.4) is 0 Å². The molecule has 4 heterocycles. The molecule has 5 rings (SSSR count). The normalized spacial score (nSPS) is 26.4. The Balaban J connectivity index is 1.62. The fraction of sp³-hybridized carbons (Fsp3) is 0.640. The first kappa shape index (κ1) is 22.3. The number of methoxy groups -OCH3 is 1. The Morgan fingerprint density at radius 3 is 2.81 bits per heavy atom. The van der Waals surface area contributed by atoms with Gasteiger partial charge in [0.05, 0.1) is 25.3 Å². The number of piperidine rings is 3. The zero-order chi connectivity index (χ0) is 22.0. The summed E-state index contributed by atoms with van der Waals surface area (Å²) in [5, 5.41) is 12.5. The van der Waals surface area contributed by atoms with Crippen LogP contribution in [0.25, 0.3) is 10.9 Å². The lowest BCUT2D eigenvalue weighted by molar-refractivity contribution is -0.0562. The van der Waals surface area contributed by atoms with Gasteiger partial charge in [0.15, 0.2) is 0 Å². The number of aliphatic hydroxyl groups excluding tert-OH is 1. The lowest BCUT2D eigenvalue weighted by Crippen LogP contribution is -2.55. The number of aromatic nitrogens is 1. The van der Waals surface area contributed by atoms with Gasteiger partial charge in [-0.15, -0.1) is 0 Å². The summed E-state index contributed by atoms with van der Waals surface area (Å²) in [6.45, 7) is 6.06. The summed E-state index contributed by atoms with van der Waals surface area (Å²) in [7, 11) is 5.79. The van der Waals surface area contributed by atoms with Gasteiger partial charge in [0.2, 0.25) is 5.88 Å². The van der Waals surface area contributed by atoms with Crippen LogP contribution in [0, 0.1) is 11.8 Å². The van der Waals surface area contributed by atoms with Crippen LogP contribution in [0.2, 0.25) is 0 Å². The molecule has 1 aromatic carbocycles. The molecule has 0 spiro atoms. The molecule has 170 valence electrons. The predicted octanol–water partition coefficient (Wildman–Crippen LogP) is 3.73. The Morgan fingerprint density at radius 1 is 1.29 bits per heavy atom. The highest BCUT2D eigenvalue weighted by molar-refractivity contribution is 5.84. The number of ether oxygens (including phenoxy) is 2. The smallest absolute Gasteiger partial charge is 0.214 e. The number of rotatable bonds is 9. The fourth-order valence-electron chi connectivity index (χ4n) is 5.39. The topological polar surface area (TPSA) is 58.1 Å². The zero-order valence-electron chi connectivity index (χ0n) is 19.4. The molecule has 6 heteroatoms.